The van der Waals surface area contributed by atoms with E-state index in [9.17, 15) is 19.2 Å². The maximum atomic E-state index is 14.1. The lowest BCUT2D eigenvalue weighted by Gasteiger charge is -2.42. The summed E-state index contributed by atoms with van der Waals surface area (Å²) < 4.78 is 1.78. The van der Waals surface area contributed by atoms with Gasteiger partial charge in [0, 0.05) is 72.3 Å². The largest absolute Gasteiger partial charge is 0.481 e. The van der Waals surface area contributed by atoms with Crippen LogP contribution in [0.25, 0.3) is 0 Å². The van der Waals surface area contributed by atoms with E-state index in [0.717, 1.165) is 64.5 Å². The first-order chi connectivity index (χ1) is 23.1. The molecular formula is C35H44Br2N6O5. The molecule has 0 saturated carbocycles. The van der Waals surface area contributed by atoms with E-state index in [1.54, 1.807) is 4.90 Å². The van der Waals surface area contributed by atoms with Crippen molar-refractivity contribution in [2.24, 2.45) is 5.92 Å². The third-order valence-corrected chi connectivity index (χ3v) is 11.3. The molecular weight excluding hydrogens is 744 g/mol. The second-order valence-electron chi connectivity index (χ2n) is 13.6. The van der Waals surface area contributed by atoms with Crippen LogP contribution in [0, 0.1) is 5.92 Å². The van der Waals surface area contributed by atoms with Gasteiger partial charge in [-0.1, -0.05) is 50.1 Å². The number of rotatable bonds is 8. The number of nitrogens with zero attached hydrogens (tertiary/aromatic N) is 4. The average Bonchev–Trinajstić information content (AvgIpc) is 3.07. The number of hydrogen-bond donors (Lipinski definition) is 3. The summed E-state index contributed by atoms with van der Waals surface area (Å²) in [4.78, 5) is 59.7. The summed E-state index contributed by atoms with van der Waals surface area (Å²) in [7, 11) is 0. The molecule has 6 rings (SSSR count). The van der Waals surface area contributed by atoms with Crippen LogP contribution in [0.3, 0.4) is 0 Å². The summed E-state index contributed by atoms with van der Waals surface area (Å²) in [5, 5.41) is 15.2. The number of halogens is 2. The molecule has 3 saturated heterocycles. The van der Waals surface area contributed by atoms with Crippen molar-refractivity contribution in [3.8, 4) is 0 Å². The molecule has 1 atom stereocenters. The summed E-state index contributed by atoms with van der Waals surface area (Å²) in [6, 6.07) is 13.1. The highest BCUT2D eigenvalue weighted by Crippen LogP contribution is 2.29. The van der Waals surface area contributed by atoms with Gasteiger partial charge in [-0.15, -0.1) is 0 Å². The minimum atomic E-state index is -0.723. The van der Waals surface area contributed by atoms with E-state index in [4.69, 9.17) is 5.11 Å². The van der Waals surface area contributed by atoms with Gasteiger partial charge in [0.15, 0.2) is 0 Å². The van der Waals surface area contributed by atoms with Crippen LogP contribution < -0.4 is 10.6 Å². The zero-order valence-corrected chi connectivity index (χ0v) is 30.3. The van der Waals surface area contributed by atoms with Crippen molar-refractivity contribution in [2.75, 3.05) is 44.6 Å². The lowest BCUT2D eigenvalue weighted by Crippen LogP contribution is -2.57. The van der Waals surface area contributed by atoms with Gasteiger partial charge in [-0.3, -0.25) is 9.59 Å². The molecule has 0 bridgehead atoms. The van der Waals surface area contributed by atoms with Gasteiger partial charge in [0.1, 0.15) is 6.04 Å². The van der Waals surface area contributed by atoms with E-state index in [2.05, 4.69) is 47.4 Å². The molecule has 11 nitrogen and oxygen atoms in total. The monoisotopic (exact) mass is 786 g/mol. The SMILES string of the molecule is O=C(O)CC1CCN(C2CCN(C(=O)[C@H](Cc3cc(Br)cc(Br)c3)NC(=O)N3CCC(N4Cc5ccccc5NC4=O)CC3)CC2)CC1. The molecule has 0 radical (unpaired) electrons. The number of carboxylic acids is 1. The molecule has 4 heterocycles. The minimum absolute atomic E-state index is 0.0307. The number of hydrogen-bond acceptors (Lipinski definition) is 5. The molecule has 258 valence electrons. The highest BCUT2D eigenvalue weighted by molar-refractivity contribution is 9.11. The number of urea groups is 2. The van der Waals surface area contributed by atoms with Crippen molar-refractivity contribution in [3.63, 3.8) is 0 Å². The van der Waals surface area contributed by atoms with Crippen molar-refractivity contribution >= 4 is 61.5 Å². The Labute approximate surface area is 298 Å². The zero-order chi connectivity index (χ0) is 33.8. The summed E-state index contributed by atoms with van der Waals surface area (Å²) in [6.07, 6.45) is 5.47. The Morgan fingerprint density at radius 1 is 0.854 bits per heavy atom. The van der Waals surface area contributed by atoms with Crippen LogP contribution in [0.15, 0.2) is 51.4 Å². The number of fused-ring (bicyclic) bond motifs is 1. The summed E-state index contributed by atoms with van der Waals surface area (Å²) in [6.45, 7) is 4.61. The van der Waals surface area contributed by atoms with Crippen molar-refractivity contribution in [1.82, 2.24) is 24.9 Å². The smallest absolute Gasteiger partial charge is 0.322 e. The predicted molar refractivity (Wildman–Crippen MR) is 190 cm³/mol. The molecule has 0 aromatic heterocycles. The highest BCUT2D eigenvalue weighted by Gasteiger charge is 2.36. The second-order valence-corrected chi connectivity index (χ2v) is 15.4. The van der Waals surface area contributed by atoms with Gasteiger partial charge in [0.25, 0.3) is 0 Å². The van der Waals surface area contributed by atoms with Gasteiger partial charge >= 0.3 is 18.0 Å². The number of aliphatic carboxylic acids is 1. The van der Waals surface area contributed by atoms with Crippen molar-refractivity contribution < 1.29 is 24.3 Å². The van der Waals surface area contributed by atoms with E-state index < -0.39 is 12.0 Å². The Morgan fingerprint density at radius 3 is 2.15 bits per heavy atom. The van der Waals surface area contributed by atoms with Gasteiger partial charge in [0.2, 0.25) is 5.91 Å². The number of carbonyl (C=O) groups is 4. The van der Waals surface area contributed by atoms with E-state index in [-0.39, 0.29) is 36.3 Å². The van der Waals surface area contributed by atoms with Gasteiger partial charge < -0.3 is 35.3 Å². The maximum Gasteiger partial charge on any atom is 0.322 e. The molecule has 3 fully saturated rings. The van der Waals surface area contributed by atoms with Crippen LogP contribution in [0.5, 0.6) is 0 Å². The third kappa shape index (κ3) is 8.52. The first kappa shape index (κ1) is 34.7. The summed E-state index contributed by atoms with van der Waals surface area (Å²) in [5.41, 5.74) is 2.87. The van der Waals surface area contributed by atoms with Crippen LogP contribution >= 0.6 is 31.9 Å². The fourth-order valence-electron chi connectivity index (χ4n) is 7.74. The number of likely N-dealkylation sites (tertiary alicyclic amines) is 3. The standard InChI is InChI=1S/C35H44Br2N6O5/c36-26-17-24(18-27(37)21-26)19-31(33(46)41-13-7-28(8-14-41)40-11-5-23(6-12-40)20-32(44)45)39-34(47)42-15-9-29(10-16-42)43-22-25-3-1-2-4-30(25)38-35(43)48/h1-4,17-18,21,23,28-29,31H,5-16,19-20,22H2,(H,38,48)(H,39,47)(H,44,45)/t31-/m0/s1. The van der Waals surface area contributed by atoms with Crippen LogP contribution in [-0.2, 0) is 22.6 Å². The molecule has 0 unspecified atom stereocenters. The van der Waals surface area contributed by atoms with E-state index in [1.807, 2.05) is 52.3 Å². The quantitative estimate of drug-likeness (QED) is 0.324. The van der Waals surface area contributed by atoms with Crippen molar-refractivity contribution in [3.05, 3.63) is 62.5 Å². The number of carboxylic acid groups (broad SMARTS) is 1. The Balaban J connectivity index is 1.05. The Bertz CT molecular complexity index is 1480. The molecule has 4 aliphatic rings. The van der Waals surface area contributed by atoms with Gasteiger partial charge in [-0.2, -0.15) is 0 Å². The number of anilines is 1. The predicted octanol–water partition coefficient (Wildman–Crippen LogP) is 5.52. The molecule has 0 spiro atoms. The Morgan fingerprint density at radius 2 is 1.48 bits per heavy atom. The topological polar surface area (TPSA) is 126 Å². The second kappa shape index (κ2) is 15.6. The molecule has 2 aromatic rings. The van der Waals surface area contributed by atoms with Crippen LogP contribution in [0.2, 0.25) is 0 Å². The summed E-state index contributed by atoms with van der Waals surface area (Å²) >= 11 is 7.11. The Hall–Kier alpha value is -3.16. The lowest BCUT2D eigenvalue weighted by molar-refractivity contribution is -0.138. The van der Waals surface area contributed by atoms with Gasteiger partial charge in [-0.05, 0) is 92.9 Å². The fraction of sp³-hybridized carbons (Fsp3) is 0.543. The molecule has 48 heavy (non-hydrogen) atoms. The number of carbonyl (C=O) groups excluding carboxylic acids is 3. The number of benzene rings is 2. The number of piperidine rings is 3. The van der Waals surface area contributed by atoms with Crippen LogP contribution in [0.1, 0.15) is 56.1 Å². The highest BCUT2D eigenvalue weighted by atomic mass is 79.9. The van der Waals surface area contributed by atoms with Crippen molar-refractivity contribution in [1.29, 1.82) is 0 Å². The minimum Gasteiger partial charge on any atom is -0.481 e. The first-order valence-electron chi connectivity index (χ1n) is 17.0. The molecule has 0 aliphatic carbocycles. The molecule has 2 aromatic carbocycles. The third-order valence-electron chi connectivity index (χ3n) is 10.4. The van der Waals surface area contributed by atoms with Gasteiger partial charge in [-0.25, -0.2) is 9.59 Å². The average molecular weight is 789 g/mol. The first-order valence-corrected chi connectivity index (χ1v) is 18.6. The number of nitrogens with one attached hydrogen (secondary N) is 2. The molecule has 5 amide bonds. The lowest BCUT2D eigenvalue weighted by atomic mass is 9.91. The van der Waals surface area contributed by atoms with E-state index >= 15 is 0 Å². The fourth-order valence-corrected chi connectivity index (χ4v) is 9.13. The van der Waals surface area contributed by atoms with Crippen molar-refractivity contribution in [2.45, 2.75) is 76.0 Å². The van der Waals surface area contributed by atoms with Gasteiger partial charge in [0.05, 0.1) is 0 Å². The summed E-state index contributed by atoms with van der Waals surface area (Å²) in [5.74, 6) is -0.549. The van der Waals surface area contributed by atoms with Crippen LogP contribution in [0.4, 0.5) is 15.3 Å². The molecule has 3 N–H and O–H groups in total. The molecule has 13 heteroatoms. The van der Waals surface area contributed by atoms with E-state index in [0.29, 0.717) is 58.0 Å². The number of amides is 5. The Kier molecular flexibility index (Phi) is 11.3. The molecule has 4 aliphatic heterocycles. The van der Waals surface area contributed by atoms with E-state index in [1.165, 1.54) is 0 Å². The normalized spacial score (nSPS) is 20.6. The number of para-hydroxylation sites is 1. The zero-order valence-electron chi connectivity index (χ0n) is 27.1. The maximum absolute atomic E-state index is 14.1. The van der Waals surface area contributed by atoms with Crippen LogP contribution in [-0.4, -0.2) is 106 Å².